The summed E-state index contributed by atoms with van der Waals surface area (Å²) in [7, 11) is -2.26. The van der Waals surface area contributed by atoms with Crippen molar-refractivity contribution in [3.63, 3.8) is 0 Å². The molecule has 1 saturated carbocycles. The van der Waals surface area contributed by atoms with Crippen molar-refractivity contribution in [2.24, 2.45) is 5.92 Å². The Morgan fingerprint density at radius 2 is 1.80 bits per heavy atom. The third kappa shape index (κ3) is 6.13. The van der Waals surface area contributed by atoms with Gasteiger partial charge in [0.25, 0.3) is 10.2 Å². The number of hydrogen-bond acceptors (Lipinski definition) is 7. The molecular formula is C27H34F3N5O4S. The number of nitrogens with one attached hydrogen (secondary N) is 2. The first kappa shape index (κ1) is 28.8. The fourth-order valence-electron chi connectivity index (χ4n) is 5.67. The van der Waals surface area contributed by atoms with Crippen molar-refractivity contribution in [1.82, 2.24) is 13.5 Å². The van der Waals surface area contributed by atoms with Gasteiger partial charge in [-0.15, -0.1) is 0 Å². The summed E-state index contributed by atoms with van der Waals surface area (Å²) in [6.07, 6.45) is 0.807. The Morgan fingerprint density at radius 1 is 1.10 bits per heavy atom. The molecule has 0 aromatic heterocycles. The van der Waals surface area contributed by atoms with Crippen LogP contribution in [0.1, 0.15) is 30.0 Å². The number of hydrogen-bond donors (Lipinski definition) is 2. The van der Waals surface area contributed by atoms with Crippen LogP contribution >= 0.6 is 0 Å². The van der Waals surface area contributed by atoms with Gasteiger partial charge in [-0.05, 0) is 36.2 Å². The summed E-state index contributed by atoms with van der Waals surface area (Å²) in [5, 5.41) is 11.2. The quantitative estimate of drug-likeness (QED) is 0.437. The van der Waals surface area contributed by atoms with Gasteiger partial charge in [-0.2, -0.15) is 17.0 Å². The van der Waals surface area contributed by atoms with E-state index in [0.29, 0.717) is 54.6 Å². The third-order valence-corrected chi connectivity index (χ3v) is 9.79. The molecule has 1 unspecified atom stereocenters. The molecular weight excluding hydrogens is 547 g/mol. The van der Waals surface area contributed by atoms with Crippen molar-refractivity contribution < 1.29 is 31.1 Å². The normalized spacial score (nSPS) is 22.9. The van der Waals surface area contributed by atoms with E-state index in [1.807, 2.05) is 0 Å². The number of rotatable bonds is 9. The molecule has 1 atom stereocenters. The van der Waals surface area contributed by atoms with Crippen molar-refractivity contribution in [2.45, 2.75) is 24.8 Å². The van der Waals surface area contributed by atoms with Crippen LogP contribution in [-0.2, 0) is 14.9 Å². The van der Waals surface area contributed by atoms with Crippen LogP contribution in [0, 0.1) is 17.1 Å². The molecule has 218 valence electrons. The number of benzene rings is 2. The molecule has 2 saturated heterocycles. The zero-order valence-corrected chi connectivity index (χ0v) is 23.1. The Morgan fingerprint density at radius 3 is 2.42 bits per heavy atom. The van der Waals surface area contributed by atoms with Crippen LogP contribution in [0.5, 0.6) is 5.75 Å². The Labute approximate surface area is 232 Å². The minimum absolute atomic E-state index is 0.112. The maximum Gasteiger partial charge on any atom is 0.282 e. The lowest BCUT2D eigenvalue weighted by Crippen LogP contribution is -2.57. The minimum Gasteiger partial charge on any atom is -0.496 e. The molecule has 9 nitrogen and oxygen atoms in total. The summed E-state index contributed by atoms with van der Waals surface area (Å²) in [6.45, 7) is 2.34. The molecule has 40 heavy (non-hydrogen) atoms. The number of halogens is 3. The highest BCUT2D eigenvalue weighted by Crippen LogP contribution is 2.45. The van der Waals surface area contributed by atoms with Gasteiger partial charge in [0.05, 0.1) is 32.1 Å². The number of anilines is 2. The maximum atomic E-state index is 13.7. The zero-order chi connectivity index (χ0) is 28.5. The standard InChI is InChI=1S/C27H34F3N5O4S/c1-38-26-13-24(32-22-4-2-21(28)3-5-22)20(16-31)12-23(26)25-18-35(40(36,37)34-8-10-39-11-9-34)7-6-33(25)17-19-14-27(29,30)15-19/h2-5,12-13,16,19,25,31-32H,6-11,14-15,17-18H2,1H3. The maximum absolute atomic E-state index is 13.7. The highest BCUT2D eigenvalue weighted by molar-refractivity contribution is 7.86. The van der Waals surface area contributed by atoms with E-state index in [1.54, 1.807) is 24.3 Å². The first-order valence-corrected chi connectivity index (χ1v) is 14.7. The summed E-state index contributed by atoms with van der Waals surface area (Å²) in [5.41, 5.74) is 2.36. The molecule has 0 bridgehead atoms. The number of alkyl halides is 2. The molecule has 2 aliphatic heterocycles. The van der Waals surface area contributed by atoms with Gasteiger partial charge >= 0.3 is 0 Å². The van der Waals surface area contributed by atoms with E-state index < -0.39 is 22.2 Å². The van der Waals surface area contributed by atoms with E-state index in [4.69, 9.17) is 14.9 Å². The monoisotopic (exact) mass is 581 g/mol. The van der Waals surface area contributed by atoms with Crippen LogP contribution in [0.2, 0.25) is 0 Å². The molecule has 0 spiro atoms. The predicted octanol–water partition coefficient (Wildman–Crippen LogP) is 3.86. The van der Waals surface area contributed by atoms with E-state index in [1.165, 1.54) is 34.1 Å². The van der Waals surface area contributed by atoms with E-state index in [2.05, 4.69) is 10.2 Å². The number of ether oxygens (including phenoxy) is 2. The second-order valence-electron chi connectivity index (χ2n) is 10.5. The average Bonchev–Trinajstić information content (AvgIpc) is 2.93. The molecule has 1 aliphatic carbocycles. The SMILES string of the molecule is COc1cc(Nc2ccc(F)cc2)c(C=N)cc1C1CN(S(=O)(=O)N2CCOCC2)CCN1CC1CC(F)(F)C1. The third-order valence-electron chi connectivity index (χ3n) is 7.78. The van der Waals surface area contributed by atoms with Crippen LogP contribution in [0.15, 0.2) is 36.4 Å². The lowest BCUT2D eigenvalue weighted by molar-refractivity contribution is -0.120. The fraction of sp³-hybridized carbons (Fsp3) is 0.519. The number of methoxy groups -OCH3 is 1. The van der Waals surface area contributed by atoms with Crippen molar-refractivity contribution in [3.05, 3.63) is 53.3 Å². The van der Waals surface area contributed by atoms with Crippen molar-refractivity contribution in [2.75, 3.05) is 64.9 Å². The van der Waals surface area contributed by atoms with E-state index in [-0.39, 0.29) is 50.8 Å². The second kappa shape index (κ2) is 11.6. The molecule has 2 aromatic rings. The number of nitrogens with zero attached hydrogens (tertiary/aromatic N) is 3. The fourth-order valence-corrected chi connectivity index (χ4v) is 7.25. The summed E-state index contributed by atoms with van der Waals surface area (Å²) in [4.78, 5) is 2.06. The lowest BCUT2D eigenvalue weighted by Gasteiger charge is -2.46. The molecule has 0 amide bonds. The Bertz CT molecular complexity index is 1310. The van der Waals surface area contributed by atoms with E-state index in [0.717, 1.165) is 0 Å². The Kier molecular flexibility index (Phi) is 8.39. The van der Waals surface area contributed by atoms with Crippen molar-refractivity contribution >= 4 is 27.8 Å². The smallest absolute Gasteiger partial charge is 0.282 e. The first-order chi connectivity index (χ1) is 19.1. The largest absolute Gasteiger partial charge is 0.496 e. The molecule has 2 N–H and O–H groups in total. The topological polar surface area (TPSA) is 98.2 Å². The van der Waals surface area contributed by atoms with Gasteiger partial charge in [0, 0.05) is 81.2 Å². The molecule has 2 heterocycles. The van der Waals surface area contributed by atoms with Crippen LogP contribution in [0.4, 0.5) is 24.5 Å². The number of piperazine rings is 1. The van der Waals surface area contributed by atoms with Crippen molar-refractivity contribution in [3.8, 4) is 5.75 Å². The van der Waals surface area contributed by atoms with Crippen LogP contribution in [0.25, 0.3) is 0 Å². The van der Waals surface area contributed by atoms with Crippen LogP contribution in [0.3, 0.4) is 0 Å². The van der Waals surface area contributed by atoms with Crippen LogP contribution in [-0.4, -0.2) is 93.7 Å². The summed E-state index contributed by atoms with van der Waals surface area (Å²) in [5.74, 6) is -2.74. The van der Waals surface area contributed by atoms with Gasteiger partial charge in [-0.3, -0.25) is 4.90 Å². The molecule has 0 radical (unpaired) electrons. The van der Waals surface area contributed by atoms with Gasteiger partial charge < -0.3 is 20.2 Å². The van der Waals surface area contributed by atoms with E-state index >= 15 is 0 Å². The molecule has 13 heteroatoms. The average molecular weight is 582 g/mol. The molecule has 3 fully saturated rings. The summed E-state index contributed by atoms with van der Waals surface area (Å²) in [6, 6.07) is 8.83. The highest BCUT2D eigenvalue weighted by atomic mass is 32.2. The number of morpholine rings is 1. The van der Waals surface area contributed by atoms with Gasteiger partial charge in [0.2, 0.25) is 5.92 Å². The Balaban J connectivity index is 1.47. The molecule has 3 aliphatic rings. The summed E-state index contributed by atoms with van der Waals surface area (Å²) >= 11 is 0. The lowest BCUT2D eigenvalue weighted by atomic mass is 9.80. The highest BCUT2D eigenvalue weighted by Gasteiger charge is 2.47. The minimum atomic E-state index is -3.76. The zero-order valence-electron chi connectivity index (χ0n) is 22.3. The first-order valence-electron chi connectivity index (χ1n) is 13.3. The van der Waals surface area contributed by atoms with Gasteiger partial charge in [0.15, 0.2) is 0 Å². The van der Waals surface area contributed by atoms with Gasteiger partial charge in [0.1, 0.15) is 11.6 Å². The van der Waals surface area contributed by atoms with Crippen LogP contribution < -0.4 is 10.1 Å². The predicted molar refractivity (Wildman–Crippen MR) is 145 cm³/mol. The van der Waals surface area contributed by atoms with E-state index in [9.17, 15) is 21.6 Å². The molecule has 5 rings (SSSR count). The molecule has 2 aromatic carbocycles. The second-order valence-corrected chi connectivity index (χ2v) is 12.4. The van der Waals surface area contributed by atoms with Gasteiger partial charge in [-0.25, -0.2) is 13.2 Å². The Hall–Kier alpha value is -2.71. The van der Waals surface area contributed by atoms with Crippen molar-refractivity contribution in [1.29, 1.82) is 5.41 Å². The summed E-state index contributed by atoms with van der Waals surface area (Å²) < 4.78 is 81.7. The van der Waals surface area contributed by atoms with Gasteiger partial charge in [-0.1, -0.05) is 0 Å².